The Bertz CT molecular complexity index is 654. The molecule has 21 heavy (non-hydrogen) atoms. The summed E-state index contributed by atoms with van der Waals surface area (Å²) in [4.78, 5) is 12.3. The Morgan fingerprint density at radius 2 is 1.86 bits per heavy atom. The van der Waals surface area contributed by atoms with Gasteiger partial charge in [0.15, 0.2) is 0 Å². The summed E-state index contributed by atoms with van der Waals surface area (Å²) in [6.07, 6.45) is 0.865. The third-order valence-electron chi connectivity index (χ3n) is 3.79. The van der Waals surface area contributed by atoms with Gasteiger partial charge in [0, 0.05) is 24.0 Å². The van der Waals surface area contributed by atoms with Gasteiger partial charge in [-0.2, -0.15) is 0 Å². The number of hydrogen-bond donors (Lipinski definition) is 1. The molecule has 0 aliphatic rings. The minimum absolute atomic E-state index is 0.283. The first-order valence-electron chi connectivity index (χ1n) is 7.22. The molecule has 1 heterocycles. The monoisotopic (exact) mass is 286 g/mol. The van der Waals surface area contributed by atoms with Crippen molar-refractivity contribution in [2.75, 3.05) is 12.3 Å². The molecule has 4 heteroatoms. The maximum atomic E-state index is 12.3. The Balaban J connectivity index is 2.68. The van der Waals surface area contributed by atoms with Crippen molar-refractivity contribution in [2.45, 2.75) is 27.2 Å². The minimum atomic E-state index is -0.283. The molecule has 0 unspecified atom stereocenters. The number of nitrogen functional groups attached to an aromatic ring is 1. The van der Waals surface area contributed by atoms with E-state index >= 15 is 0 Å². The zero-order valence-electron chi connectivity index (χ0n) is 13.1. The third-order valence-corrected chi connectivity index (χ3v) is 3.79. The predicted molar refractivity (Wildman–Crippen MR) is 85.3 cm³/mol. The van der Waals surface area contributed by atoms with Crippen molar-refractivity contribution < 1.29 is 9.53 Å². The third kappa shape index (κ3) is 2.66. The maximum Gasteiger partial charge on any atom is 0.355 e. The number of rotatable bonds is 4. The van der Waals surface area contributed by atoms with Crippen LogP contribution in [0.1, 0.15) is 35.6 Å². The van der Waals surface area contributed by atoms with Gasteiger partial charge in [-0.1, -0.05) is 19.1 Å². The number of carbonyl (C=O) groups is 1. The Hall–Kier alpha value is -2.23. The molecule has 0 saturated heterocycles. The summed E-state index contributed by atoms with van der Waals surface area (Å²) >= 11 is 0. The number of ether oxygens (including phenoxy) is 1. The lowest BCUT2D eigenvalue weighted by molar-refractivity contribution is 0.0516. The minimum Gasteiger partial charge on any atom is -0.461 e. The standard InChI is InChI=1S/C17H22N2O2/c1-5-14-11(3)15(12-7-9-13(18)10-8-12)16(19(14)4)17(20)21-6-2/h7-10H,5-6,18H2,1-4H3. The zero-order chi connectivity index (χ0) is 15.6. The number of nitrogens with zero attached hydrogens (tertiary/aromatic N) is 1. The Labute approximate surface area is 125 Å². The maximum absolute atomic E-state index is 12.3. The van der Waals surface area contributed by atoms with E-state index in [9.17, 15) is 4.79 Å². The van der Waals surface area contributed by atoms with Crippen LogP contribution in [0.2, 0.25) is 0 Å². The summed E-state index contributed by atoms with van der Waals surface area (Å²) in [5, 5.41) is 0. The van der Waals surface area contributed by atoms with Crippen LogP contribution >= 0.6 is 0 Å². The molecule has 1 aromatic heterocycles. The number of hydrogen-bond acceptors (Lipinski definition) is 3. The van der Waals surface area contributed by atoms with Gasteiger partial charge in [0.1, 0.15) is 5.69 Å². The van der Waals surface area contributed by atoms with E-state index in [1.807, 2.05) is 49.7 Å². The fourth-order valence-corrected chi connectivity index (χ4v) is 2.82. The van der Waals surface area contributed by atoms with Crippen LogP contribution in [0.4, 0.5) is 5.69 Å². The van der Waals surface area contributed by atoms with Gasteiger partial charge in [0.25, 0.3) is 0 Å². The normalized spacial score (nSPS) is 10.7. The van der Waals surface area contributed by atoms with Gasteiger partial charge in [-0.05, 0) is 43.5 Å². The lowest BCUT2D eigenvalue weighted by Crippen LogP contribution is -2.12. The van der Waals surface area contributed by atoms with E-state index in [2.05, 4.69) is 6.92 Å². The SMILES string of the molecule is CCOC(=O)c1c(-c2ccc(N)cc2)c(C)c(CC)n1C. The topological polar surface area (TPSA) is 57.2 Å². The second-order valence-corrected chi connectivity index (χ2v) is 5.05. The molecule has 1 aromatic carbocycles. The summed E-state index contributed by atoms with van der Waals surface area (Å²) in [5.41, 5.74) is 11.3. The van der Waals surface area contributed by atoms with Crippen molar-refractivity contribution in [2.24, 2.45) is 7.05 Å². The number of anilines is 1. The average molecular weight is 286 g/mol. The number of aromatic nitrogens is 1. The van der Waals surface area contributed by atoms with Gasteiger partial charge in [0.05, 0.1) is 6.61 Å². The average Bonchev–Trinajstić information content (AvgIpc) is 2.71. The van der Waals surface area contributed by atoms with Crippen molar-refractivity contribution in [1.29, 1.82) is 0 Å². The highest BCUT2D eigenvalue weighted by atomic mass is 16.5. The van der Waals surface area contributed by atoms with Gasteiger partial charge in [-0.15, -0.1) is 0 Å². The molecule has 0 saturated carbocycles. The van der Waals surface area contributed by atoms with Gasteiger partial charge in [-0.3, -0.25) is 0 Å². The van der Waals surface area contributed by atoms with Gasteiger partial charge < -0.3 is 15.0 Å². The molecule has 2 N–H and O–H groups in total. The molecule has 0 amide bonds. The van der Waals surface area contributed by atoms with Gasteiger partial charge in [0.2, 0.25) is 0 Å². The van der Waals surface area contributed by atoms with Crippen molar-refractivity contribution in [1.82, 2.24) is 4.57 Å². The van der Waals surface area contributed by atoms with Crippen LogP contribution in [0.3, 0.4) is 0 Å². The molecule has 112 valence electrons. The van der Waals surface area contributed by atoms with Crippen LogP contribution < -0.4 is 5.73 Å². The lowest BCUT2D eigenvalue weighted by Gasteiger charge is -2.08. The molecule has 0 radical (unpaired) electrons. The van der Waals surface area contributed by atoms with E-state index in [1.165, 1.54) is 0 Å². The molecule has 0 spiro atoms. The molecule has 0 fully saturated rings. The Morgan fingerprint density at radius 1 is 1.24 bits per heavy atom. The van der Waals surface area contributed by atoms with Crippen LogP contribution in [0.15, 0.2) is 24.3 Å². The van der Waals surface area contributed by atoms with Crippen molar-refractivity contribution in [3.8, 4) is 11.1 Å². The lowest BCUT2D eigenvalue weighted by atomic mass is 10.00. The first-order valence-corrected chi connectivity index (χ1v) is 7.22. The number of benzene rings is 1. The summed E-state index contributed by atoms with van der Waals surface area (Å²) < 4.78 is 7.17. The van der Waals surface area contributed by atoms with Crippen LogP contribution in [0, 0.1) is 6.92 Å². The summed E-state index contributed by atoms with van der Waals surface area (Å²) in [7, 11) is 1.92. The highest BCUT2D eigenvalue weighted by Gasteiger charge is 2.24. The Kier molecular flexibility index (Phi) is 4.36. The first-order chi connectivity index (χ1) is 10.0. The molecule has 0 atom stereocenters. The molecule has 4 nitrogen and oxygen atoms in total. The van der Waals surface area contributed by atoms with Crippen molar-refractivity contribution >= 4 is 11.7 Å². The molecular formula is C17H22N2O2. The van der Waals surface area contributed by atoms with Crippen molar-refractivity contribution in [3.05, 3.63) is 41.2 Å². The van der Waals surface area contributed by atoms with E-state index in [4.69, 9.17) is 10.5 Å². The van der Waals surface area contributed by atoms with E-state index in [1.54, 1.807) is 0 Å². The van der Waals surface area contributed by atoms with Crippen LogP contribution in [-0.4, -0.2) is 17.1 Å². The van der Waals surface area contributed by atoms with E-state index in [0.29, 0.717) is 18.0 Å². The summed E-state index contributed by atoms with van der Waals surface area (Å²) in [5.74, 6) is -0.283. The summed E-state index contributed by atoms with van der Waals surface area (Å²) in [6.45, 7) is 6.32. The molecule has 0 aliphatic carbocycles. The van der Waals surface area contributed by atoms with E-state index < -0.39 is 0 Å². The molecule has 0 aliphatic heterocycles. The molecule has 0 bridgehead atoms. The fourth-order valence-electron chi connectivity index (χ4n) is 2.82. The molecular weight excluding hydrogens is 264 g/mol. The second-order valence-electron chi connectivity index (χ2n) is 5.05. The van der Waals surface area contributed by atoms with Crippen LogP contribution in [-0.2, 0) is 18.2 Å². The highest BCUT2D eigenvalue weighted by molar-refractivity contribution is 5.97. The van der Waals surface area contributed by atoms with E-state index in [0.717, 1.165) is 28.8 Å². The highest BCUT2D eigenvalue weighted by Crippen LogP contribution is 2.33. The Morgan fingerprint density at radius 3 is 2.38 bits per heavy atom. The smallest absolute Gasteiger partial charge is 0.355 e. The zero-order valence-corrected chi connectivity index (χ0v) is 13.1. The largest absolute Gasteiger partial charge is 0.461 e. The van der Waals surface area contributed by atoms with Gasteiger partial charge >= 0.3 is 5.97 Å². The molecule has 2 rings (SSSR count). The van der Waals surface area contributed by atoms with E-state index in [-0.39, 0.29) is 5.97 Å². The number of nitrogens with two attached hydrogens (primary N) is 1. The van der Waals surface area contributed by atoms with Crippen molar-refractivity contribution in [3.63, 3.8) is 0 Å². The molecule has 2 aromatic rings. The number of carbonyl (C=O) groups excluding carboxylic acids is 1. The fraction of sp³-hybridized carbons (Fsp3) is 0.353. The van der Waals surface area contributed by atoms with Crippen LogP contribution in [0.5, 0.6) is 0 Å². The van der Waals surface area contributed by atoms with Gasteiger partial charge in [-0.25, -0.2) is 4.79 Å². The van der Waals surface area contributed by atoms with Crippen LogP contribution in [0.25, 0.3) is 11.1 Å². The second kappa shape index (κ2) is 6.04. The predicted octanol–water partition coefficient (Wildman–Crippen LogP) is 3.32. The first kappa shape index (κ1) is 15.2. The number of esters is 1. The quantitative estimate of drug-likeness (QED) is 0.693. The summed E-state index contributed by atoms with van der Waals surface area (Å²) in [6, 6.07) is 7.59.